The Morgan fingerprint density at radius 1 is 1.37 bits per heavy atom. The summed E-state index contributed by atoms with van der Waals surface area (Å²) >= 11 is 1.05. The van der Waals surface area contributed by atoms with Crippen LogP contribution in [0.5, 0.6) is 0 Å². The van der Waals surface area contributed by atoms with Gasteiger partial charge in [-0.05, 0) is 37.3 Å². The van der Waals surface area contributed by atoms with Crippen LogP contribution in [0.1, 0.15) is 54.0 Å². The monoisotopic (exact) mass is 294 g/mol. The van der Waals surface area contributed by atoms with Crippen LogP contribution in [0.2, 0.25) is 0 Å². The Morgan fingerprint density at radius 2 is 2.00 bits per heavy atom. The van der Waals surface area contributed by atoms with E-state index in [1.165, 1.54) is 6.07 Å². The number of alkyl halides is 3. The number of rotatable bonds is 2. The number of hydrogen-bond acceptors (Lipinski definition) is 3. The van der Waals surface area contributed by atoms with Gasteiger partial charge in [-0.3, -0.25) is 0 Å². The molecule has 108 valence electrons. The summed E-state index contributed by atoms with van der Waals surface area (Å²) in [5.74, 6) is 0.212. The summed E-state index contributed by atoms with van der Waals surface area (Å²) < 4.78 is 44.0. The first-order chi connectivity index (χ1) is 8.68. The van der Waals surface area contributed by atoms with Crippen molar-refractivity contribution in [2.75, 3.05) is 7.11 Å². The molecule has 6 heteroatoms. The van der Waals surface area contributed by atoms with Gasteiger partial charge in [0.2, 0.25) is 0 Å². The number of hydrogen-bond donors (Lipinski definition) is 1. The lowest BCUT2D eigenvalue weighted by Gasteiger charge is -2.25. The molecule has 1 aliphatic carbocycles. The number of fused-ring (bicyclic) bond motifs is 1. The van der Waals surface area contributed by atoms with Crippen molar-refractivity contribution < 1.29 is 23.0 Å². The van der Waals surface area contributed by atoms with Crippen LogP contribution < -0.4 is 0 Å². The minimum absolute atomic E-state index is 0.0548. The normalized spacial score (nSPS) is 26.9. The van der Waals surface area contributed by atoms with Crippen molar-refractivity contribution in [2.45, 2.75) is 50.5 Å². The Hall–Kier alpha value is -0.590. The number of ether oxygens (including phenoxy) is 1. The van der Waals surface area contributed by atoms with E-state index in [2.05, 4.69) is 0 Å². The second kappa shape index (κ2) is 4.75. The minimum Gasteiger partial charge on any atom is -0.377 e. The van der Waals surface area contributed by atoms with E-state index >= 15 is 0 Å². The van der Waals surface area contributed by atoms with Crippen molar-refractivity contribution in [2.24, 2.45) is 0 Å². The van der Waals surface area contributed by atoms with Gasteiger partial charge in [0.15, 0.2) is 5.60 Å². The molecule has 1 aliphatic rings. The maximum absolute atomic E-state index is 12.9. The summed E-state index contributed by atoms with van der Waals surface area (Å²) in [5, 5.41) is 9.76. The van der Waals surface area contributed by atoms with E-state index in [1.54, 1.807) is 7.11 Å². The molecule has 1 heterocycles. The van der Waals surface area contributed by atoms with Gasteiger partial charge in [-0.15, -0.1) is 11.3 Å². The largest absolute Gasteiger partial charge is 0.421 e. The van der Waals surface area contributed by atoms with Crippen LogP contribution in [0.3, 0.4) is 0 Å². The second-order valence-corrected chi connectivity index (χ2v) is 6.29. The standard InChI is InChI=1S/C13H17F3O2S/c1-7-4-5-9(18-3)8-6-10(19-11(7)8)12(2,17)13(14,15)16/h6-7,9,17H,4-5H2,1-3H3. The van der Waals surface area contributed by atoms with Gasteiger partial charge in [-0.1, -0.05) is 6.92 Å². The lowest BCUT2D eigenvalue weighted by atomic mass is 9.88. The molecule has 1 N–H and O–H groups in total. The maximum Gasteiger partial charge on any atom is 0.421 e. The number of thiophene rings is 1. The number of halogens is 3. The molecule has 0 fully saturated rings. The predicted molar refractivity (Wildman–Crippen MR) is 67.3 cm³/mol. The van der Waals surface area contributed by atoms with Crippen molar-refractivity contribution in [3.05, 3.63) is 21.4 Å². The average Bonchev–Trinajstić information content (AvgIpc) is 2.74. The van der Waals surface area contributed by atoms with E-state index in [9.17, 15) is 18.3 Å². The zero-order chi connectivity index (χ0) is 14.4. The lowest BCUT2D eigenvalue weighted by Crippen LogP contribution is -2.38. The van der Waals surface area contributed by atoms with Crippen molar-refractivity contribution in [1.82, 2.24) is 0 Å². The highest BCUT2D eigenvalue weighted by Crippen LogP contribution is 2.49. The minimum atomic E-state index is -4.67. The SMILES string of the molecule is COC1CCC(C)c2sc(C(C)(O)C(F)(F)F)cc21. The van der Waals surface area contributed by atoms with Crippen LogP contribution in [0.4, 0.5) is 13.2 Å². The fraction of sp³-hybridized carbons (Fsp3) is 0.692. The van der Waals surface area contributed by atoms with Crippen LogP contribution in [0.15, 0.2) is 6.07 Å². The lowest BCUT2D eigenvalue weighted by molar-refractivity contribution is -0.257. The molecule has 0 aliphatic heterocycles. The first-order valence-electron chi connectivity index (χ1n) is 6.14. The summed E-state index contributed by atoms with van der Waals surface area (Å²) in [4.78, 5) is 0.846. The molecule has 0 radical (unpaired) electrons. The van der Waals surface area contributed by atoms with Gasteiger partial charge in [-0.2, -0.15) is 13.2 Å². The molecule has 1 aromatic rings. The Labute approximate surface area is 114 Å². The van der Waals surface area contributed by atoms with Crippen molar-refractivity contribution in [1.29, 1.82) is 0 Å². The topological polar surface area (TPSA) is 29.5 Å². The van der Waals surface area contributed by atoms with Crippen molar-refractivity contribution in [3.63, 3.8) is 0 Å². The van der Waals surface area contributed by atoms with Crippen LogP contribution in [-0.4, -0.2) is 18.4 Å². The second-order valence-electron chi connectivity index (χ2n) is 5.20. The fourth-order valence-electron chi connectivity index (χ4n) is 2.37. The number of methoxy groups -OCH3 is 1. The van der Waals surface area contributed by atoms with E-state index in [0.29, 0.717) is 0 Å². The molecular formula is C13H17F3O2S. The van der Waals surface area contributed by atoms with Crippen LogP contribution in [-0.2, 0) is 10.3 Å². The molecular weight excluding hydrogens is 277 g/mol. The Bertz CT molecular complexity index is 465. The quantitative estimate of drug-likeness (QED) is 0.889. The summed E-state index contributed by atoms with van der Waals surface area (Å²) in [6, 6.07) is 1.46. The van der Waals surface area contributed by atoms with Crippen molar-refractivity contribution >= 4 is 11.3 Å². The summed E-state index contributed by atoms with van der Waals surface area (Å²) in [5.41, 5.74) is -2.00. The Kier molecular flexibility index (Phi) is 3.70. The molecule has 3 atom stereocenters. The predicted octanol–water partition coefficient (Wildman–Crippen LogP) is 4.10. The molecule has 1 aromatic heterocycles. The molecule has 2 nitrogen and oxygen atoms in total. The van der Waals surface area contributed by atoms with Gasteiger partial charge < -0.3 is 9.84 Å². The van der Waals surface area contributed by atoms with Gasteiger partial charge in [0.05, 0.1) is 6.10 Å². The highest BCUT2D eigenvalue weighted by molar-refractivity contribution is 7.12. The average molecular weight is 294 g/mol. The molecule has 0 saturated heterocycles. The van der Waals surface area contributed by atoms with E-state index in [0.717, 1.165) is 41.5 Å². The van der Waals surface area contributed by atoms with Crippen LogP contribution in [0, 0.1) is 0 Å². The molecule has 0 spiro atoms. The Balaban J connectivity index is 2.47. The molecule has 3 unspecified atom stereocenters. The van der Waals surface area contributed by atoms with Gasteiger partial charge in [0.25, 0.3) is 0 Å². The number of aliphatic hydroxyl groups is 1. The highest BCUT2D eigenvalue weighted by atomic mass is 32.1. The summed E-state index contributed by atoms with van der Waals surface area (Å²) in [6.07, 6.45) is -3.15. The zero-order valence-electron chi connectivity index (χ0n) is 11.0. The third-order valence-electron chi connectivity index (χ3n) is 3.76. The van der Waals surface area contributed by atoms with Gasteiger partial charge in [-0.25, -0.2) is 0 Å². The van der Waals surface area contributed by atoms with E-state index in [1.807, 2.05) is 6.92 Å². The molecule has 2 rings (SSSR count). The first-order valence-corrected chi connectivity index (χ1v) is 6.96. The van der Waals surface area contributed by atoms with Gasteiger partial charge in [0.1, 0.15) is 0 Å². The summed E-state index contributed by atoms with van der Waals surface area (Å²) in [6.45, 7) is 2.80. The third-order valence-corrected chi connectivity index (χ3v) is 5.36. The summed E-state index contributed by atoms with van der Waals surface area (Å²) in [7, 11) is 1.56. The van der Waals surface area contributed by atoms with Crippen molar-refractivity contribution in [3.8, 4) is 0 Å². The molecule has 0 amide bonds. The maximum atomic E-state index is 12.9. The van der Waals surface area contributed by atoms with Crippen LogP contribution in [0.25, 0.3) is 0 Å². The van der Waals surface area contributed by atoms with E-state index < -0.39 is 11.8 Å². The fourth-order valence-corrected chi connectivity index (χ4v) is 3.73. The molecule has 0 saturated carbocycles. The zero-order valence-corrected chi connectivity index (χ0v) is 11.9. The highest BCUT2D eigenvalue weighted by Gasteiger charge is 2.52. The Morgan fingerprint density at radius 3 is 2.53 bits per heavy atom. The van der Waals surface area contributed by atoms with Crippen LogP contribution >= 0.6 is 11.3 Å². The molecule has 0 bridgehead atoms. The van der Waals surface area contributed by atoms with Gasteiger partial charge in [0, 0.05) is 16.9 Å². The van der Waals surface area contributed by atoms with Gasteiger partial charge >= 0.3 is 6.18 Å². The van der Waals surface area contributed by atoms with E-state index in [4.69, 9.17) is 4.74 Å². The molecule has 19 heavy (non-hydrogen) atoms. The smallest absolute Gasteiger partial charge is 0.377 e. The van der Waals surface area contributed by atoms with E-state index in [-0.39, 0.29) is 16.9 Å². The first kappa shape index (κ1) is 14.8. The third kappa shape index (κ3) is 2.41. The molecule has 0 aromatic carbocycles.